The minimum absolute atomic E-state index is 0.163. The molecule has 0 aliphatic carbocycles. The van der Waals surface area contributed by atoms with Crippen molar-refractivity contribution in [1.82, 2.24) is 14.6 Å². The summed E-state index contributed by atoms with van der Waals surface area (Å²) in [5, 5.41) is 10.3. The Morgan fingerprint density at radius 2 is 1.96 bits per heavy atom. The van der Waals surface area contributed by atoms with E-state index >= 15 is 0 Å². The maximum absolute atomic E-state index is 12.9. The zero-order chi connectivity index (χ0) is 19.8. The van der Waals surface area contributed by atoms with E-state index in [1.165, 1.54) is 10.5 Å². The number of nitrogens with zero attached hydrogens (tertiary/aromatic N) is 3. The summed E-state index contributed by atoms with van der Waals surface area (Å²) in [7, 11) is 0. The summed E-state index contributed by atoms with van der Waals surface area (Å²) in [6.45, 7) is 1.59. The fourth-order valence-corrected chi connectivity index (χ4v) is 3.34. The van der Waals surface area contributed by atoms with Crippen molar-refractivity contribution in [2.45, 2.75) is 23.5 Å². The maximum atomic E-state index is 12.9. The first-order chi connectivity index (χ1) is 12.7. The molecule has 3 rings (SSSR count). The number of thioether (sulfide) groups is 1. The van der Waals surface area contributed by atoms with Crippen LogP contribution in [0.4, 0.5) is 18.9 Å². The summed E-state index contributed by atoms with van der Waals surface area (Å²) in [4.78, 5) is 12.4. The number of alkyl halides is 3. The predicted molar refractivity (Wildman–Crippen MR) is 98.4 cm³/mol. The minimum atomic E-state index is -4.49. The van der Waals surface area contributed by atoms with Crippen LogP contribution in [0.1, 0.15) is 12.5 Å². The van der Waals surface area contributed by atoms with Crippen molar-refractivity contribution < 1.29 is 18.0 Å². The van der Waals surface area contributed by atoms with E-state index in [2.05, 4.69) is 15.5 Å². The second-order valence-corrected chi connectivity index (χ2v) is 7.57. The van der Waals surface area contributed by atoms with E-state index in [1.54, 1.807) is 25.1 Å². The lowest BCUT2D eigenvalue weighted by Gasteiger charge is -2.13. The highest BCUT2D eigenvalue weighted by Gasteiger charge is 2.31. The first-order valence-electron chi connectivity index (χ1n) is 7.50. The normalized spacial score (nSPS) is 13.0. The van der Waals surface area contributed by atoms with Gasteiger partial charge < -0.3 is 5.32 Å². The number of aromatic nitrogens is 3. The van der Waals surface area contributed by atoms with Crippen molar-refractivity contribution in [3.8, 4) is 0 Å². The first-order valence-corrected chi connectivity index (χ1v) is 9.14. The lowest BCUT2D eigenvalue weighted by Crippen LogP contribution is -2.23. The highest BCUT2D eigenvalue weighted by Crippen LogP contribution is 2.32. The molecule has 0 bridgehead atoms. The second kappa shape index (κ2) is 7.57. The Kier molecular flexibility index (Phi) is 5.55. The molecule has 0 aliphatic rings. The topological polar surface area (TPSA) is 59.3 Å². The highest BCUT2D eigenvalue weighted by atomic mass is 35.5. The molecule has 0 aliphatic heterocycles. The van der Waals surface area contributed by atoms with E-state index in [9.17, 15) is 18.0 Å². The number of fused-ring (bicyclic) bond motifs is 1. The molecule has 1 atom stereocenters. The summed E-state index contributed by atoms with van der Waals surface area (Å²) in [6, 6.07) is 6.95. The van der Waals surface area contributed by atoms with Gasteiger partial charge in [0.1, 0.15) is 0 Å². The monoisotopic (exact) mass is 434 g/mol. The van der Waals surface area contributed by atoms with Crippen LogP contribution in [0.5, 0.6) is 0 Å². The minimum Gasteiger partial charge on any atom is -0.324 e. The van der Waals surface area contributed by atoms with E-state index < -0.39 is 22.9 Å². The third-order valence-electron chi connectivity index (χ3n) is 3.56. The summed E-state index contributed by atoms with van der Waals surface area (Å²) < 4.78 is 39.9. The Morgan fingerprint density at radius 1 is 1.22 bits per heavy atom. The Morgan fingerprint density at radius 3 is 2.67 bits per heavy atom. The molecule has 0 spiro atoms. The molecule has 142 valence electrons. The van der Waals surface area contributed by atoms with Gasteiger partial charge >= 0.3 is 6.18 Å². The van der Waals surface area contributed by atoms with Crippen LogP contribution in [-0.2, 0) is 11.0 Å². The number of hydrogen-bond acceptors (Lipinski definition) is 4. The van der Waals surface area contributed by atoms with Gasteiger partial charge in [-0.05, 0) is 31.2 Å². The van der Waals surface area contributed by atoms with Gasteiger partial charge in [0, 0.05) is 6.20 Å². The van der Waals surface area contributed by atoms with Gasteiger partial charge in [-0.2, -0.15) is 13.2 Å². The van der Waals surface area contributed by atoms with Crippen molar-refractivity contribution in [3.63, 3.8) is 0 Å². The Hall–Kier alpha value is -1.97. The maximum Gasteiger partial charge on any atom is 0.417 e. The molecule has 2 heterocycles. The van der Waals surface area contributed by atoms with E-state index in [1.807, 2.05) is 0 Å². The van der Waals surface area contributed by atoms with Gasteiger partial charge in [-0.1, -0.05) is 41.0 Å². The highest BCUT2D eigenvalue weighted by molar-refractivity contribution is 8.00. The van der Waals surface area contributed by atoms with Gasteiger partial charge in [-0.3, -0.25) is 9.20 Å². The summed E-state index contributed by atoms with van der Waals surface area (Å²) >= 11 is 12.9. The van der Waals surface area contributed by atoms with Crippen LogP contribution in [-0.4, -0.2) is 25.8 Å². The predicted octanol–water partition coefficient (Wildman–Crippen LogP) is 5.17. The standard InChI is InChI=1S/C16H11Cl2F3N4OS/c1-8(14(26)22-11-4-2-3-10(17)13(11)18)27-15-24-23-12-6-5-9(7-25(12)15)16(19,20)21/h2-8H,1H3,(H,22,26). The number of halogens is 5. The van der Waals surface area contributed by atoms with Gasteiger partial charge in [0.05, 0.1) is 26.5 Å². The first kappa shape index (κ1) is 19.8. The number of anilines is 1. The van der Waals surface area contributed by atoms with Crippen molar-refractivity contribution >= 4 is 52.2 Å². The SMILES string of the molecule is CC(Sc1nnc2ccc(C(F)(F)F)cn12)C(=O)Nc1cccc(Cl)c1Cl. The molecule has 0 radical (unpaired) electrons. The average molecular weight is 435 g/mol. The van der Waals surface area contributed by atoms with Gasteiger partial charge in [-0.25, -0.2) is 0 Å². The van der Waals surface area contributed by atoms with Crippen LogP contribution in [0.2, 0.25) is 10.0 Å². The van der Waals surface area contributed by atoms with Crippen LogP contribution in [0.15, 0.2) is 41.7 Å². The Labute approximate surface area is 165 Å². The van der Waals surface area contributed by atoms with Gasteiger partial charge in [-0.15, -0.1) is 10.2 Å². The summed E-state index contributed by atoms with van der Waals surface area (Å²) in [5.41, 5.74) is -0.248. The quantitative estimate of drug-likeness (QED) is 0.575. The summed E-state index contributed by atoms with van der Waals surface area (Å²) in [5.74, 6) is -0.409. The molecule has 0 fully saturated rings. The molecule has 1 N–H and O–H groups in total. The van der Waals surface area contributed by atoms with Gasteiger partial charge in [0.25, 0.3) is 0 Å². The molecular formula is C16H11Cl2F3N4OS. The largest absolute Gasteiger partial charge is 0.417 e. The molecule has 27 heavy (non-hydrogen) atoms. The van der Waals surface area contributed by atoms with Gasteiger partial charge in [0.2, 0.25) is 5.91 Å². The van der Waals surface area contributed by atoms with E-state index in [4.69, 9.17) is 23.2 Å². The zero-order valence-electron chi connectivity index (χ0n) is 13.6. The Balaban J connectivity index is 1.80. The third kappa shape index (κ3) is 4.31. The van der Waals surface area contributed by atoms with Crippen molar-refractivity contribution in [1.29, 1.82) is 0 Å². The number of rotatable bonds is 4. The molecular weight excluding hydrogens is 424 g/mol. The van der Waals surface area contributed by atoms with Crippen molar-refractivity contribution in [3.05, 3.63) is 52.1 Å². The van der Waals surface area contributed by atoms with Crippen molar-refractivity contribution in [2.75, 3.05) is 5.32 Å². The fraction of sp³-hybridized carbons (Fsp3) is 0.188. The second-order valence-electron chi connectivity index (χ2n) is 5.48. The number of benzene rings is 1. The number of carbonyl (C=O) groups is 1. The smallest absolute Gasteiger partial charge is 0.324 e. The van der Waals surface area contributed by atoms with Crippen LogP contribution in [0.25, 0.3) is 5.65 Å². The van der Waals surface area contributed by atoms with Crippen LogP contribution < -0.4 is 5.32 Å². The molecule has 5 nitrogen and oxygen atoms in total. The van der Waals surface area contributed by atoms with E-state index in [-0.39, 0.29) is 20.8 Å². The number of amides is 1. The zero-order valence-corrected chi connectivity index (χ0v) is 15.9. The van der Waals surface area contributed by atoms with Gasteiger partial charge in [0.15, 0.2) is 10.8 Å². The number of carbonyl (C=O) groups excluding carboxylic acids is 1. The molecule has 3 aromatic rings. The molecule has 0 saturated carbocycles. The number of nitrogens with one attached hydrogen (secondary N) is 1. The molecule has 11 heteroatoms. The lowest BCUT2D eigenvalue weighted by atomic mass is 10.3. The van der Waals surface area contributed by atoms with Crippen LogP contribution in [0.3, 0.4) is 0 Å². The average Bonchev–Trinajstić information content (AvgIpc) is 3.00. The third-order valence-corrected chi connectivity index (χ3v) is 5.43. The van der Waals surface area contributed by atoms with Crippen LogP contribution >= 0.6 is 35.0 Å². The fourth-order valence-electron chi connectivity index (χ4n) is 2.16. The van der Waals surface area contributed by atoms with E-state index in [0.717, 1.165) is 24.0 Å². The van der Waals surface area contributed by atoms with Crippen LogP contribution in [0, 0.1) is 0 Å². The number of pyridine rings is 1. The molecule has 0 saturated heterocycles. The molecule has 1 aromatic carbocycles. The molecule has 1 unspecified atom stereocenters. The van der Waals surface area contributed by atoms with E-state index in [0.29, 0.717) is 5.69 Å². The molecule has 1 amide bonds. The Bertz CT molecular complexity index is 1010. The number of hydrogen-bond donors (Lipinski definition) is 1. The van der Waals surface area contributed by atoms with Crippen molar-refractivity contribution in [2.24, 2.45) is 0 Å². The lowest BCUT2D eigenvalue weighted by molar-refractivity contribution is -0.137. The molecule has 2 aromatic heterocycles. The summed E-state index contributed by atoms with van der Waals surface area (Å²) in [6.07, 6.45) is -3.59.